The summed E-state index contributed by atoms with van der Waals surface area (Å²) in [5.74, 6) is 1.18. The van der Waals surface area contributed by atoms with Crippen LogP contribution in [0.5, 0.6) is 5.88 Å². The molecule has 1 aromatic rings. The van der Waals surface area contributed by atoms with Crippen molar-refractivity contribution in [2.75, 3.05) is 19.9 Å². The lowest BCUT2D eigenvalue weighted by atomic mass is 10.1. The molecule has 2 heterocycles. The SMILES string of the molecule is CNCc1nc2c(c(OC)n1)CCS(=O)(=O)C2. The lowest BCUT2D eigenvalue weighted by molar-refractivity contribution is 0.387. The average molecular weight is 257 g/mol. The van der Waals surface area contributed by atoms with Gasteiger partial charge in [-0.15, -0.1) is 0 Å². The fourth-order valence-corrected chi connectivity index (χ4v) is 3.19. The molecule has 94 valence electrons. The number of nitrogens with zero attached hydrogens (tertiary/aromatic N) is 2. The van der Waals surface area contributed by atoms with Gasteiger partial charge in [0.25, 0.3) is 0 Å². The van der Waals surface area contributed by atoms with Crippen LogP contribution in [0.3, 0.4) is 0 Å². The quantitative estimate of drug-likeness (QED) is 0.799. The first-order chi connectivity index (χ1) is 8.05. The Bertz CT molecular complexity index is 528. The van der Waals surface area contributed by atoms with Gasteiger partial charge in [0.2, 0.25) is 5.88 Å². The van der Waals surface area contributed by atoms with Gasteiger partial charge in [0.15, 0.2) is 9.84 Å². The molecule has 1 aliphatic rings. The smallest absolute Gasteiger partial charge is 0.219 e. The molecule has 17 heavy (non-hydrogen) atoms. The van der Waals surface area contributed by atoms with E-state index in [9.17, 15) is 8.42 Å². The van der Waals surface area contributed by atoms with Crippen LogP contribution in [0.4, 0.5) is 0 Å². The Labute approximate surface area is 100 Å². The van der Waals surface area contributed by atoms with Gasteiger partial charge in [0.1, 0.15) is 5.82 Å². The minimum Gasteiger partial charge on any atom is -0.481 e. The molecule has 0 radical (unpaired) electrons. The van der Waals surface area contributed by atoms with E-state index in [2.05, 4.69) is 15.3 Å². The van der Waals surface area contributed by atoms with Crippen LogP contribution in [-0.2, 0) is 28.6 Å². The molecular weight excluding hydrogens is 242 g/mol. The highest BCUT2D eigenvalue weighted by atomic mass is 32.2. The summed E-state index contributed by atoms with van der Waals surface area (Å²) in [7, 11) is 0.301. The van der Waals surface area contributed by atoms with Gasteiger partial charge in [-0.3, -0.25) is 0 Å². The summed E-state index contributed by atoms with van der Waals surface area (Å²) in [5.41, 5.74) is 1.40. The maximum Gasteiger partial charge on any atom is 0.219 e. The van der Waals surface area contributed by atoms with Gasteiger partial charge in [-0.2, -0.15) is 4.98 Å². The Kier molecular flexibility index (Phi) is 3.30. The van der Waals surface area contributed by atoms with E-state index >= 15 is 0 Å². The van der Waals surface area contributed by atoms with E-state index in [1.54, 1.807) is 7.05 Å². The Morgan fingerprint density at radius 2 is 2.18 bits per heavy atom. The highest BCUT2D eigenvalue weighted by molar-refractivity contribution is 7.90. The van der Waals surface area contributed by atoms with Crippen LogP contribution in [0.25, 0.3) is 0 Å². The van der Waals surface area contributed by atoms with Crippen LogP contribution in [0.1, 0.15) is 17.1 Å². The Morgan fingerprint density at radius 1 is 1.41 bits per heavy atom. The van der Waals surface area contributed by atoms with E-state index in [-0.39, 0.29) is 11.5 Å². The number of ether oxygens (including phenoxy) is 1. The fraction of sp³-hybridized carbons (Fsp3) is 0.600. The van der Waals surface area contributed by atoms with Crippen molar-refractivity contribution < 1.29 is 13.2 Å². The van der Waals surface area contributed by atoms with Crippen molar-refractivity contribution in [3.05, 3.63) is 17.1 Å². The van der Waals surface area contributed by atoms with Crippen LogP contribution in [0, 0.1) is 0 Å². The molecule has 0 aromatic carbocycles. The Balaban J connectivity index is 2.48. The highest BCUT2D eigenvalue weighted by Crippen LogP contribution is 2.26. The number of hydrogen-bond acceptors (Lipinski definition) is 6. The van der Waals surface area contributed by atoms with Gasteiger partial charge in [0, 0.05) is 5.56 Å². The maximum atomic E-state index is 11.6. The number of rotatable bonds is 3. The number of aromatic nitrogens is 2. The number of methoxy groups -OCH3 is 1. The van der Waals surface area contributed by atoms with Crippen molar-refractivity contribution in [2.45, 2.75) is 18.7 Å². The molecule has 7 heteroatoms. The molecule has 0 saturated heterocycles. The molecule has 2 rings (SSSR count). The van der Waals surface area contributed by atoms with Gasteiger partial charge in [-0.25, -0.2) is 13.4 Å². The summed E-state index contributed by atoms with van der Waals surface area (Å²) in [5, 5.41) is 2.93. The third-order valence-corrected chi connectivity index (χ3v) is 4.19. The number of nitrogens with one attached hydrogen (secondary N) is 1. The van der Waals surface area contributed by atoms with Gasteiger partial charge in [-0.1, -0.05) is 0 Å². The summed E-state index contributed by atoms with van der Waals surface area (Å²) in [6.45, 7) is 0.490. The molecule has 0 aliphatic carbocycles. The van der Waals surface area contributed by atoms with Crippen molar-refractivity contribution in [1.82, 2.24) is 15.3 Å². The topological polar surface area (TPSA) is 81.2 Å². The Morgan fingerprint density at radius 3 is 2.82 bits per heavy atom. The summed E-state index contributed by atoms with van der Waals surface area (Å²) >= 11 is 0. The predicted molar refractivity (Wildman–Crippen MR) is 62.5 cm³/mol. The van der Waals surface area contributed by atoms with E-state index < -0.39 is 9.84 Å². The van der Waals surface area contributed by atoms with Crippen LogP contribution in [-0.4, -0.2) is 38.3 Å². The fourth-order valence-electron chi connectivity index (χ4n) is 1.87. The zero-order chi connectivity index (χ0) is 12.5. The maximum absolute atomic E-state index is 11.6. The molecule has 0 unspecified atom stereocenters. The molecule has 0 atom stereocenters. The van der Waals surface area contributed by atoms with Crippen molar-refractivity contribution in [2.24, 2.45) is 0 Å². The lowest BCUT2D eigenvalue weighted by Gasteiger charge is -2.18. The second kappa shape index (κ2) is 4.58. The van der Waals surface area contributed by atoms with E-state index in [0.29, 0.717) is 30.4 Å². The molecule has 1 aromatic heterocycles. The van der Waals surface area contributed by atoms with Gasteiger partial charge >= 0.3 is 0 Å². The summed E-state index contributed by atoms with van der Waals surface area (Å²) in [6, 6.07) is 0. The second-order valence-electron chi connectivity index (χ2n) is 3.95. The molecule has 0 saturated carbocycles. The van der Waals surface area contributed by atoms with Gasteiger partial charge in [0.05, 0.1) is 30.9 Å². The minimum absolute atomic E-state index is 0.0159. The second-order valence-corrected chi connectivity index (χ2v) is 6.13. The predicted octanol–water partition coefficient (Wildman–Crippen LogP) is -0.324. The summed E-state index contributed by atoms with van der Waals surface area (Å²) < 4.78 is 28.3. The van der Waals surface area contributed by atoms with E-state index in [0.717, 1.165) is 5.56 Å². The van der Waals surface area contributed by atoms with Crippen molar-refractivity contribution in [1.29, 1.82) is 0 Å². The van der Waals surface area contributed by atoms with E-state index in [1.807, 2.05) is 0 Å². The average Bonchev–Trinajstić information content (AvgIpc) is 2.26. The first-order valence-corrected chi connectivity index (χ1v) is 7.15. The number of fused-ring (bicyclic) bond motifs is 1. The highest BCUT2D eigenvalue weighted by Gasteiger charge is 2.26. The standard InChI is InChI=1S/C10H15N3O3S/c1-11-5-9-12-8-6-17(14,15)4-3-7(8)10(13-9)16-2/h11H,3-6H2,1-2H3. The first-order valence-electron chi connectivity index (χ1n) is 5.33. The molecule has 6 nitrogen and oxygen atoms in total. The molecule has 1 N–H and O–H groups in total. The Hall–Kier alpha value is -1.21. The first kappa shape index (κ1) is 12.3. The third kappa shape index (κ3) is 2.55. The largest absolute Gasteiger partial charge is 0.481 e. The van der Waals surface area contributed by atoms with Crippen molar-refractivity contribution >= 4 is 9.84 Å². The monoisotopic (exact) mass is 257 g/mol. The number of sulfone groups is 1. The lowest BCUT2D eigenvalue weighted by Crippen LogP contribution is -2.23. The molecule has 0 fully saturated rings. The molecule has 0 spiro atoms. The number of hydrogen-bond donors (Lipinski definition) is 1. The molecular formula is C10H15N3O3S. The van der Waals surface area contributed by atoms with Crippen molar-refractivity contribution in [3.63, 3.8) is 0 Å². The van der Waals surface area contributed by atoms with Crippen LogP contribution in [0.2, 0.25) is 0 Å². The van der Waals surface area contributed by atoms with Crippen LogP contribution in [0.15, 0.2) is 0 Å². The minimum atomic E-state index is -3.02. The van der Waals surface area contributed by atoms with Crippen molar-refractivity contribution in [3.8, 4) is 5.88 Å². The van der Waals surface area contributed by atoms with E-state index in [4.69, 9.17) is 4.74 Å². The molecule has 1 aliphatic heterocycles. The van der Waals surface area contributed by atoms with Crippen LogP contribution >= 0.6 is 0 Å². The molecule has 0 amide bonds. The zero-order valence-corrected chi connectivity index (χ0v) is 10.7. The molecule has 0 bridgehead atoms. The summed E-state index contributed by atoms with van der Waals surface area (Å²) in [4.78, 5) is 8.53. The van der Waals surface area contributed by atoms with Gasteiger partial charge in [-0.05, 0) is 13.5 Å². The zero-order valence-electron chi connectivity index (χ0n) is 9.86. The van der Waals surface area contributed by atoms with Gasteiger partial charge < -0.3 is 10.1 Å². The van der Waals surface area contributed by atoms with E-state index in [1.165, 1.54) is 7.11 Å². The van der Waals surface area contributed by atoms with Crippen LogP contribution < -0.4 is 10.1 Å². The summed E-state index contributed by atoms with van der Waals surface area (Å²) in [6.07, 6.45) is 0.431. The third-order valence-electron chi connectivity index (χ3n) is 2.65. The normalized spacial score (nSPS) is 17.5.